The first-order chi connectivity index (χ1) is 12.1. The van der Waals surface area contributed by atoms with E-state index in [-0.39, 0.29) is 6.03 Å². The van der Waals surface area contributed by atoms with Gasteiger partial charge in [0.2, 0.25) is 0 Å². The fraction of sp³-hybridized carbons (Fsp3) is 0.333. The number of urea groups is 1. The van der Waals surface area contributed by atoms with Crippen molar-refractivity contribution in [3.8, 4) is 0 Å². The molecule has 0 radical (unpaired) electrons. The predicted molar refractivity (Wildman–Crippen MR) is 101 cm³/mol. The highest BCUT2D eigenvalue weighted by molar-refractivity contribution is 6.34. The molecule has 2 amide bonds. The van der Waals surface area contributed by atoms with Gasteiger partial charge in [-0.15, -0.1) is 0 Å². The Labute approximate surface area is 152 Å². The van der Waals surface area contributed by atoms with Crippen LogP contribution in [0.15, 0.2) is 36.5 Å². The lowest BCUT2D eigenvalue weighted by Gasteiger charge is -2.27. The van der Waals surface area contributed by atoms with Gasteiger partial charge in [0, 0.05) is 38.4 Å². The lowest BCUT2D eigenvalue weighted by molar-refractivity contribution is 0.233. The molecule has 0 spiro atoms. The number of amides is 2. The number of benzene rings is 1. The third-order valence-corrected chi connectivity index (χ3v) is 4.55. The number of halogens is 1. The van der Waals surface area contributed by atoms with E-state index in [0.29, 0.717) is 16.4 Å². The minimum absolute atomic E-state index is 0.341. The molecule has 132 valence electrons. The van der Waals surface area contributed by atoms with Crippen LogP contribution in [0.4, 0.5) is 16.2 Å². The van der Waals surface area contributed by atoms with Gasteiger partial charge in [0.05, 0.1) is 22.6 Å². The summed E-state index contributed by atoms with van der Waals surface area (Å²) < 4.78 is 0. The molecule has 2 aromatic rings. The van der Waals surface area contributed by atoms with E-state index in [4.69, 9.17) is 11.6 Å². The molecule has 25 heavy (non-hydrogen) atoms. The molecule has 0 aliphatic carbocycles. The highest BCUT2D eigenvalue weighted by Gasteiger charge is 2.14. The molecule has 7 heteroatoms. The summed E-state index contributed by atoms with van der Waals surface area (Å²) >= 11 is 6.50. The van der Waals surface area contributed by atoms with Crippen LogP contribution in [0.1, 0.15) is 11.3 Å². The fourth-order valence-electron chi connectivity index (χ4n) is 2.74. The van der Waals surface area contributed by atoms with Gasteiger partial charge < -0.3 is 16.0 Å². The number of aryl methyl sites for hydroxylation is 1. The van der Waals surface area contributed by atoms with Crippen LogP contribution in [-0.4, -0.2) is 42.1 Å². The van der Waals surface area contributed by atoms with Crippen LogP contribution in [0.5, 0.6) is 0 Å². The van der Waals surface area contributed by atoms with Gasteiger partial charge in [-0.3, -0.25) is 9.88 Å². The fourth-order valence-corrected chi connectivity index (χ4v) is 2.97. The van der Waals surface area contributed by atoms with Crippen molar-refractivity contribution in [3.05, 3.63) is 52.8 Å². The van der Waals surface area contributed by atoms with E-state index in [2.05, 4.69) is 25.8 Å². The van der Waals surface area contributed by atoms with E-state index < -0.39 is 0 Å². The molecule has 0 atom stereocenters. The van der Waals surface area contributed by atoms with Crippen LogP contribution in [0.2, 0.25) is 5.02 Å². The average molecular weight is 360 g/mol. The lowest BCUT2D eigenvalue weighted by atomic mass is 10.1. The van der Waals surface area contributed by atoms with Crippen LogP contribution in [0.25, 0.3) is 0 Å². The van der Waals surface area contributed by atoms with Crippen molar-refractivity contribution in [1.82, 2.24) is 15.2 Å². The molecule has 0 unspecified atom stereocenters. The number of nitrogens with one attached hydrogen (secondary N) is 3. The maximum atomic E-state index is 12.2. The summed E-state index contributed by atoms with van der Waals surface area (Å²) in [5.41, 5.74) is 3.15. The number of anilines is 2. The Morgan fingerprint density at radius 3 is 2.76 bits per heavy atom. The Balaban J connectivity index is 1.64. The third kappa shape index (κ3) is 4.92. The normalized spacial score (nSPS) is 15.0. The number of piperazine rings is 1. The molecule has 0 bridgehead atoms. The van der Waals surface area contributed by atoms with Gasteiger partial charge in [0.1, 0.15) is 0 Å². The smallest absolute Gasteiger partial charge is 0.314 e. The van der Waals surface area contributed by atoms with Crippen molar-refractivity contribution in [2.75, 3.05) is 36.8 Å². The number of carbonyl (C=O) groups is 1. The number of hydrogen-bond acceptors (Lipinski definition) is 4. The molecule has 1 aliphatic heterocycles. The van der Waals surface area contributed by atoms with Crippen LogP contribution in [-0.2, 0) is 6.54 Å². The molecule has 3 N–H and O–H groups in total. The SMILES string of the molecule is Cc1ccc(NC(=O)Nc2cccc(CN3CCNCC3)c2Cl)cn1. The topological polar surface area (TPSA) is 69.3 Å². The summed E-state index contributed by atoms with van der Waals surface area (Å²) in [6, 6.07) is 9.02. The van der Waals surface area contributed by atoms with Gasteiger partial charge >= 0.3 is 6.03 Å². The number of pyridine rings is 1. The van der Waals surface area contributed by atoms with Crippen molar-refractivity contribution in [1.29, 1.82) is 0 Å². The Hall–Kier alpha value is -2.15. The van der Waals surface area contributed by atoms with E-state index >= 15 is 0 Å². The van der Waals surface area contributed by atoms with Crippen LogP contribution >= 0.6 is 11.6 Å². The average Bonchev–Trinajstić information content (AvgIpc) is 2.61. The van der Waals surface area contributed by atoms with E-state index in [1.54, 1.807) is 12.3 Å². The number of nitrogens with zero attached hydrogens (tertiary/aromatic N) is 2. The highest BCUT2D eigenvalue weighted by atomic mass is 35.5. The zero-order valence-electron chi connectivity index (χ0n) is 14.2. The number of carbonyl (C=O) groups excluding carboxylic acids is 1. The van der Waals surface area contributed by atoms with Gasteiger partial charge in [-0.2, -0.15) is 0 Å². The third-order valence-electron chi connectivity index (χ3n) is 4.10. The number of aromatic nitrogens is 1. The summed E-state index contributed by atoms with van der Waals surface area (Å²) in [5.74, 6) is 0. The summed E-state index contributed by atoms with van der Waals surface area (Å²) in [6.07, 6.45) is 1.62. The minimum atomic E-state index is -0.341. The molecule has 1 aromatic heterocycles. The van der Waals surface area contributed by atoms with Crippen LogP contribution in [0, 0.1) is 6.92 Å². The van der Waals surface area contributed by atoms with Gasteiger partial charge in [-0.05, 0) is 30.7 Å². The second-order valence-corrected chi connectivity index (χ2v) is 6.45. The summed E-state index contributed by atoms with van der Waals surface area (Å²) in [7, 11) is 0. The Morgan fingerprint density at radius 1 is 1.24 bits per heavy atom. The molecule has 1 aliphatic rings. The zero-order valence-corrected chi connectivity index (χ0v) is 14.9. The molecule has 0 saturated carbocycles. The number of rotatable bonds is 4. The van der Waals surface area contributed by atoms with Gasteiger partial charge in [0.15, 0.2) is 0 Å². The molecule has 1 fully saturated rings. The second kappa shape index (κ2) is 8.29. The minimum Gasteiger partial charge on any atom is -0.314 e. The first kappa shape index (κ1) is 17.7. The van der Waals surface area contributed by atoms with Crippen LogP contribution < -0.4 is 16.0 Å². The molecule has 6 nitrogen and oxygen atoms in total. The molecule has 1 aromatic carbocycles. The summed E-state index contributed by atoms with van der Waals surface area (Å²) in [5, 5.41) is 9.48. The number of hydrogen-bond donors (Lipinski definition) is 3. The molecule has 2 heterocycles. The van der Waals surface area contributed by atoms with Crippen molar-refractivity contribution >= 4 is 29.0 Å². The largest absolute Gasteiger partial charge is 0.323 e. The van der Waals surface area contributed by atoms with Gasteiger partial charge in [-0.25, -0.2) is 4.79 Å². The standard InChI is InChI=1S/C18H22ClN5O/c1-13-5-6-15(11-21-13)22-18(25)23-16-4-2-3-14(17(16)19)12-24-9-7-20-8-10-24/h2-6,11,20H,7-10,12H2,1H3,(H2,22,23,25). The van der Waals surface area contributed by atoms with E-state index in [1.165, 1.54) is 0 Å². The summed E-state index contributed by atoms with van der Waals surface area (Å²) in [6.45, 7) is 6.64. The van der Waals surface area contributed by atoms with E-state index in [9.17, 15) is 4.79 Å². The van der Waals surface area contributed by atoms with E-state index in [0.717, 1.165) is 44.0 Å². The predicted octanol–water partition coefficient (Wildman–Crippen LogP) is 3.09. The molecular weight excluding hydrogens is 338 g/mol. The van der Waals surface area contributed by atoms with Gasteiger partial charge in [-0.1, -0.05) is 23.7 Å². The zero-order chi connectivity index (χ0) is 17.6. The van der Waals surface area contributed by atoms with Crippen molar-refractivity contribution in [2.24, 2.45) is 0 Å². The van der Waals surface area contributed by atoms with Crippen LogP contribution in [0.3, 0.4) is 0 Å². The van der Waals surface area contributed by atoms with Crippen molar-refractivity contribution in [2.45, 2.75) is 13.5 Å². The Morgan fingerprint density at radius 2 is 2.04 bits per heavy atom. The van der Waals surface area contributed by atoms with Crippen molar-refractivity contribution in [3.63, 3.8) is 0 Å². The maximum Gasteiger partial charge on any atom is 0.323 e. The monoisotopic (exact) mass is 359 g/mol. The maximum absolute atomic E-state index is 12.2. The Bertz CT molecular complexity index is 729. The molecule has 3 rings (SSSR count). The van der Waals surface area contributed by atoms with Gasteiger partial charge in [0.25, 0.3) is 0 Å². The first-order valence-electron chi connectivity index (χ1n) is 8.33. The molecular formula is C18H22ClN5O. The molecule has 1 saturated heterocycles. The quantitative estimate of drug-likeness (QED) is 0.784. The second-order valence-electron chi connectivity index (χ2n) is 6.07. The Kier molecular flexibility index (Phi) is 5.86. The van der Waals surface area contributed by atoms with Crippen molar-refractivity contribution < 1.29 is 4.79 Å². The summed E-state index contributed by atoms with van der Waals surface area (Å²) in [4.78, 5) is 18.7. The first-order valence-corrected chi connectivity index (χ1v) is 8.71. The van der Waals surface area contributed by atoms with E-state index in [1.807, 2.05) is 31.2 Å². The lowest BCUT2D eigenvalue weighted by Crippen LogP contribution is -2.42. The highest BCUT2D eigenvalue weighted by Crippen LogP contribution is 2.27.